The second kappa shape index (κ2) is 6.85. The van der Waals surface area contributed by atoms with E-state index in [9.17, 15) is 4.79 Å². The second-order valence-electron chi connectivity index (χ2n) is 4.00. The number of halogens is 1. The molecule has 0 spiro atoms. The third kappa shape index (κ3) is 3.58. The Bertz CT molecular complexity index is 596. The van der Waals surface area contributed by atoms with Crippen LogP contribution in [0, 0.1) is 0 Å². The molecule has 0 saturated heterocycles. The van der Waals surface area contributed by atoms with Gasteiger partial charge in [-0.1, -0.05) is 35.0 Å². The number of ether oxygens (including phenoxy) is 1. The van der Waals surface area contributed by atoms with Crippen molar-refractivity contribution in [1.82, 2.24) is 4.98 Å². The van der Waals surface area contributed by atoms with Crippen molar-refractivity contribution in [2.75, 3.05) is 11.9 Å². The molecule has 1 amide bonds. The summed E-state index contributed by atoms with van der Waals surface area (Å²) in [5, 5.41) is 3.22. The molecule has 0 saturated carbocycles. The molecule has 0 atom stereocenters. The number of hydrogen-bond donors (Lipinski definition) is 1. The van der Waals surface area contributed by atoms with Crippen molar-refractivity contribution in [3.63, 3.8) is 0 Å². The van der Waals surface area contributed by atoms with Gasteiger partial charge in [-0.15, -0.1) is 11.3 Å². The van der Waals surface area contributed by atoms with Gasteiger partial charge in [0.05, 0.1) is 12.3 Å². The quantitative estimate of drug-likeness (QED) is 0.865. The van der Waals surface area contributed by atoms with Crippen molar-refractivity contribution in [2.24, 2.45) is 0 Å². The molecule has 2 aromatic rings. The van der Waals surface area contributed by atoms with E-state index in [-0.39, 0.29) is 0 Å². The molecule has 0 aliphatic heterocycles. The van der Waals surface area contributed by atoms with Crippen LogP contribution < -0.4 is 5.32 Å². The van der Waals surface area contributed by atoms with E-state index in [1.165, 1.54) is 11.3 Å². The second-order valence-corrected chi connectivity index (χ2v) is 6.00. The van der Waals surface area contributed by atoms with Gasteiger partial charge in [-0.05, 0) is 25.5 Å². The van der Waals surface area contributed by atoms with Crippen LogP contribution in [0.3, 0.4) is 0 Å². The van der Waals surface area contributed by atoms with Gasteiger partial charge >= 0.3 is 6.09 Å². The first-order chi connectivity index (χ1) is 9.63. The third-order valence-electron chi connectivity index (χ3n) is 2.62. The Labute approximate surface area is 130 Å². The minimum absolute atomic E-state index is 0.345. The minimum atomic E-state index is -0.466. The smallest absolute Gasteiger partial charge is 0.413 e. The van der Waals surface area contributed by atoms with Crippen LogP contribution in [0.1, 0.15) is 18.7 Å². The fourth-order valence-electron chi connectivity index (χ4n) is 1.73. The molecule has 0 radical (unpaired) electrons. The lowest BCUT2D eigenvalue weighted by Crippen LogP contribution is -2.12. The van der Waals surface area contributed by atoms with Gasteiger partial charge in [0.2, 0.25) is 0 Å². The molecule has 1 aromatic carbocycles. The predicted molar refractivity (Wildman–Crippen MR) is 85.3 cm³/mol. The highest BCUT2D eigenvalue weighted by molar-refractivity contribution is 9.10. The molecule has 0 fully saturated rings. The minimum Gasteiger partial charge on any atom is -0.450 e. The van der Waals surface area contributed by atoms with Crippen molar-refractivity contribution in [2.45, 2.75) is 20.3 Å². The van der Waals surface area contributed by atoms with E-state index in [2.05, 4.69) is 33.2 Å². The van der Waals surface area contributed by atoms with Gasteiger partial charge in [-0.25, -0.2) is 9.78 Å². The lowest BCUT2D eigenvalue weighted by molar-refractivity contribution is 0.168. The standard InChI is InChI=1S/C14H15BrN2O2S/c1-3-11-12(9-5-7-10(15)8-6-9)16-13(20-11)17-14(18)19-4-2/h5-8H,3-4H2,1-2H3,(H,16,17,18). The van der Waals surface area contributed by atoms with Crippen LogP contribution in [-0.4, -0.2) is 17.7 Å². The number of nitrogens with zero attached hydrogens (tertiary/aromatic N) is 1. The Morgan fingerprint density at radius 3 is 2.65 bits per heavy atom. The number of anilines is 1. The average molecular weight is 355 g/mol. The van der Waals surface area contributed by atoms with Gasteiger partial charge in [0.25, 0.3) is 0 Å². The van der Waals surface area contributed by atoms with Crippen molar-refractivity contribution in [3.05, 3.63) is 33.6 Å². The Balaban J connectivity index is 2.27. The highest BCUT2D eigenvalue weighted by atomic mass is 79.9. The summed E-state index contributed by atoms with van der Waals surface area (Å²) >= 11 is 4.90. The van der Waals surface area contributed by atoms with Crippen molar-refractivity contribution in [3.8, 4) is 11.3 Å². The maximum atomic E-state index is 11.4. The van der Waals surface area contributed by atoms with Gasteiger partial charge in [-0.2, -0.15) is 0 Å². The topological polar surface area (TPSA) is 51.2 Å². The molecule has 1 aromatic heterocycles. The molecule has 0 aliphatic rings. The number of aryl methyl sites for hydroxylation is 1. The summed E-state index contributed by atoms with van der Waals surface area (Å²) < 4.78 is 5.89. The summed E-state index contributed by atoms with van der Waals surface area (Å²) in [5.74, 6) is 0. The van der Waals surface area contributed by atoms with E-state index in [0.717, 1.165) is 27.0 Å². The van der Waals surface area contributed by atoms with Crippen molar-refractivity contribution < 1.29 is 9.53 Å². The first kappa shape index (κ1) is 15.0. The predicted octanol–water partition coefficient (Wildman–Crippen LogP) is 4.70. The van der Waals surface area contributed by atoms with Crippen LogP contribution in [-0.2, 0) is 11.2 Å². The van der Waals surface area contributed by atoms with Crippen LogP contribution in [0.5, 0.6) is 0 Å². The fraction of sp³-hybridized carbons (Fsp3) is 0.286. The number of thiazole rings is 1. The van der Waals surface area contributed by atoms with E-state index in [4.69, 9.17) is 4.74 Å². The molecule has 4 nitrogen and oxygen atoms in total. The van der Waals surface area contributed by atoms with Crippen molar-refractivity contribution in [1.29, 1.82) is 0 Å². The van der Waals surface area contributed by atoms with Crippen LogP contribution in [0.25, 0.3) is 11.3 Å². The Morgan fingerprint density at radius 2 is 2.05 bits per heavy atom. The molecule has 1 N–H and O–H groups in total. The molecule has 106 valence electrons. The number of carbonyl (C=O) groups excluding carboxylic acids is 1. The third-order valence-corrected chi connectivity index (χ3v) is 4.26. The Hall–Kier alpha value is -1.40. The zero-order valence-electron chi connectivity index (χ0n) is 11.3. The lowest BCUT2D eigenvalue weighted by Gasteiger charge is -2.01. The number of aromatic nitrogens is 1. The van der Waals surface area contributed by atoms with Crippen LogP contribution in [0.2, 0.25) is 0 Å². The molecule has 0 aliphatic carbocycles. The summed E-state index contributed by atoms with van der Waals surface area (Å²) in [6.07, 6.45) is 0.402. The molecular weight excluding hydrogens is 340 g/mol. The first-order valence-electron chi connectivity index (χ1n) is 6.33. The van der Waals surface area contributed by atoms with Gasteiger partial charge in [0.15, 0.2) is 5.13 Å². The van der Waals surface area contributed by atoms with Crippen LogP contribution in [0.4, 0.5) is 9.93 Å². The number of hydrogen-bond acceptors (Lipinski definition) is 4. The highest BCUT2D eigenvalue weighted by Gasteiger charge is 2.13. The molecule has 2 rings (SSSR count). The van der Waals surface area contributed by atoms with Crippen molar-refractivity contribution >= 4 is 38.5 Å². The zero-order chi connectivity index (χ0) is 14.5. The zero-order valence-corrected chi connectivity index (χ0v) is 13.7. The summed E-state index contributed by atoms with van der Waals surface area (Å²) in [4.78, 5) is 17.1. The number of rotatable bonds is 4. The largest absolute Gasteiger partial charge is 0.450 e. The Morgan fingerprint density at radius 1 is 1.35 bits per heavy atom. The summed E-state index contributed by atoms with van der Waals surface area (Å²) in [7, 11) is 0. The van der Waals surface area contributed by atoms with Gasteiger partial charge < -0.3 is 4.74 Å². The highest BCUT2D eigenvalue weighted by Crippen LogP contribution is 2.32. The van der Waals surface area contributed by atoms with E-state index in [1.807, 2.05) is 24.3 Å². The average Bonchev–Trinajstić information content (AvgIpc) is 2.82. The molecule has 20 heavy (non-hydrogen) atoms. The number of benzene rings is 1. The summed E-state index contributed by atoms with van der Waals surface area (Å²) in [6.45, 7) is 4.19. The molecular formula is C14H15BrN2O2S. The van der Waals surface area contributed by atoms with Crippen LogP contribution in [0.15, 0.2) is 28.7 Å². The van der Waals surface area contributed by atoms with Gasteiger partial charge in [-0.3, -0.25) is 5.32 Å². The fourth-order valence-corrected chi connectivity index (χ4v) is 2.91. The normalized spacial score (nSPS) is 10.3. The van der Waals surface area contributed by atoms with E-state index in [0.29, 0.717) is 11.7 Å². The SMILES string of the molecule is CCOC(=O)Nc1nc(-c2ccc(Br)cc2)c(CC)s1. The van der Waals surface area contributed by atoms with E-state index >= 15 is 0 Å². The molecule has 6 heteroatoms. The lowest BCUT2D eigenvalue weighted by atomic mass is 10.1. The Kier molecular flexibility index (Phi) is 5.14. The molecule has 1 heterocycles. The number of carbonyl (C=O) groups is 1. The monoisotopic (exact) mass is 354 g/mol. The molecule has 0 bridgehead atoms. The number of amides is 1. The van der Waals surface area contributed by atoms with E-state index < -0.39 is 6.09 Å². The van der Waals surface area contributed by atoms with Gasteiger partial charge in [0, 0.05) is 14.9 Å². The maximum absolute atomic E-state index is 11.4. The van der Waals surface area contributed by atoms with E-state index in [1.54, 1.807) is 6.92 Å². The first-order valence-corrected chi connectivity index (χ1v) is 7.94. The van der Waals surface area contributed by atoms with Gasteiger partial charge in [0.1, 0.15) is 0 Å². The molecule has 0 unspecified atom stereocenters. The summed E-state index contributed by atoms with van der Waals surface area (Å²) in [5.41, 5.74) is 1.95. The van der Waals surface area contributed by atoms with Crippen LogP contribution >= 0.6 is 27.3 Å². The summed E-state index contributed by atoms with van der Waals surface area (Å²) in [6, 6.07) is 7.97. The maximum Gasteiger partial charge on any atom is 0.413 e. The number of nitrogens with one attached hydrogen (secondary N) is 1.